The molecule has 2 aliphatic heterocycles. The lowest BCUT2D eigenvalue weighted by atomic mass is 9.99. The summed E-state index contributed by atoms with van der Waals surface area (Å²) in [4.78, 5) is 0. The maximum absolute atomic E-state index is 9.88. The van der Waals surface area contributed by atoms with Gasteiger partial charge in [-0.2, -0.15) is 0 Å². The average molecular weight is 280 g/mol. The highest BCUT2D eigenvalue weighted by molar-refractivity contribution is 4.95. The molecule has 2 heterocycles. The van der Waals surface area contributed by atoms with Crippen LogP contribution in [0.3, 0.4) is 0 Å². The van der Waals surface area contributed by atoms with Gasteiger partial charge in [-0.05, 0) is 6.92 Å². The SMILES string of the molecule is C[C@@H]1OCC(O)[C@H](O[C@@H]2OC[C@](O)(CO)C2O)C1O. The molecule has 5 N–H and O–H groups in total. The molecule has 8 nitrogen and oxygen atoms in total. The Balaban J connectivity index is 2.01. The first-order chi connectivity index (χ1) is 8.89. The summed E-state index contributed by atoms with van der Waals surface area (Å²) in [6, 6.07) is 0. The van der Waals surface area contributed by atoms with Crippen molar-refractivity contribution in [1.29, 1.82) is 0 Å². The zero-order chi connectivity index (χ0) is 14.2. The van der Waals surface area contributed by atoms with Gasteiger partial charge in [0, 0.05) is 0 Å². The van der Waals surface area contributed by atoms with E-state index in [4.69, 9.17) is 19.3 Å². The highest BCUT2D eigenvalue weighted by Crippen LogP contribution is 2.28. The smallest absolute Gasteiger partial charge is 0.187 e. The summed E-state index contributed by atoms with van der Waals surface area (Å²) in [5.74, 6) is 0. The van der Waals surface area contributed by atoms with Crippen LogP contribution in [0.5, 0.6) is 0 Å². The van der Waals surface area contributed by atoms with Crippen LogP contribution in [0.2, 0.25) is 0 Å². The molecular formula is C11H20O8. The van der Waals surface area contributed by atoms with Gasteiger partial charge in [0.2, 0.25) is 0 Å². The fraction of sp³-hybridized carbons (Fsp3) is 1.00. The van der Waals surface area contributed by atoms with Gasteiger partial charge in [0.25, 0.3) is 0 Å². The van der Waals surface area contributed by atoms with Crippen LogP contribution in [-0.4, -0.2) is 87.8 Å². The van der Waals surface area contributed by atoms with Crippen molar-refractivity contribution < 1.29 is 39.7 Å². The van der Waals surface area contributed by atoms with Crippen molar-refractivity contribution in [3.8, 4) is 0 Å². The Kier molecular flexibility index (Phi) is 4.43. The van der Waals surface area contributed by atoms with Gasteiger partial charge in [0.1, 0.15) is 30.0 Å². The Morgan fingerprint density at radius 2 is 1.95 bits per heavy atom. The fourth-order valence-electron chi connectivity index (χ4n) is 2.17. The summed E-state index contributed by atoms with van der Waals surface area (Å²) in [5.41, 5.74) is -1.79. The van der Waals surface area contributed by atoms with Crippen LogP contribution in [-0.2, 0) is 14.2 Å². The monoisotopic (exact) mass is 280 g/mol. The van der Waals surface area contributed by atoms with Crippen LogP contribution >= 0.6 is 0 Å². The Morgan fingerprint density at radius 3 is 2.53 bits per heavy atom. The van der Waals surface area contributed by atoms with Crippen molar-refractivity contribution in [2.24, 2.45) is 0 Å². The summed E-state index contributed by atoms with van der Waals surface area (Å²) in [6.07, 6.45) is -6.35. The summed E-state index contributed by atoms with van der Waals surface area (Å²) in [5, 5.41) is 48.2. The molecule has 7 atom stereocenters. The molecule has 0 aromatic carbocycles. The predicted octanol–water partition coefficient (Wildman–Crippen LogP) is -3.05. The lowest BCUT2D eigenvalue weighted by Crippen LogP contribution is -2.56. The number of aliphatic hydroxyl groups is 5. The third kappa shape index (κ3) is 2.76. The van der Waals surface area contributed by atoms with Crippen molar-refractivity contribution in [2.75, 3.05) is 19.8 Å². The molecule has 0 saturated carbocycles. The summed E-state index contributed by atoms with van der Waals surface area (Å²) >= 11 is 0. The Hall–Kier alpha value is -0.320. The second-order valence-corrected chi connectivity index (χ2v) is 5.08. The molecule has 2 aliphatic rings. The Bertz CT molecular complexity index is 313. The molecule has 3 unspecified atom stereocenters. The van der Waals surface area contributed by atoms with Crippen molar-refractivity contribution in [2.45, 2.75) is 49.3 Å². The lowest BCUT2D eigenvalue weighted by Gasteiger charge is -2.38. The van der Waals surface area contributed by atoms with E-state index in [1.807, 2.05) is 0 Å². The maximum atomic E-state index is 9.88. The minimum Gasteiger partial charge on any atom is -0.393 e. The molecule has 19 heavy (non-hydrogen) atoms. The first-order valence-corrected chi connectivity index (χ1v) is 6.15. The van der Waals surface area contributed by atoms with E-state index in [0.29, 0.717) is 0 Å². The van der Waals surface area contributed by atoms with Crippen molar-refractivity contribution in [3.63, 3.8) is 0 Å². The van der Waals surface area contributed by atoms with E-state index in [1.165, 1.54) is 0 Å². The molecule has 0 spiro atoms. The van der Waals surface area contributed by atoms with Crippen LogP contribution < -0.4 is 0 Å². The van der Waals surface area contributed by atoms with E-state index in [-0.39, 0.29) is 13.2 Å². The van der Waals surface area contributed by atoms with E-state index < -0.39 is 49.0 Å². The first-order valence-electron chi connectivity index (χ1n) is 6.15. The van der Waals surface area contributed by atoms with Gasteiger partial charge < -0.3 is 39.7 Å². The van der Waals surface area contributed by atoms with E-state index in [2.05, 4.69) is 0 Å². The number of hydrogen-bond donors (Lipinski definition) is 5. The van der Waals surface area contributed by atoms with Crippen LogP contribution in [0.25, 0.3) is 0 Å². The second kappa shape index (κ2) is 5.58. The Morgan fingerprint density at radius 1 is 1.26 bits per heavy atom. The lowest BCUT2D eigenvalue weighted by molar-refractivity contribution is -0.262. The number of ether oxygens (including phenoxy) is 3. The van der Waals surface area contributed by atoms with E-state index in [0.717, 1.165) is 0 Å². The van der Waals surface area contributed by atoms with Crippen LogP contribution in [0.15, 0.2) is 0 Å². The second-order valence-electron chi connectivity index (χ2n) is 5.08. The van der Waals surface area contributed by atoms with Gasteiger partial charge in [-0.15, -0.1) is 0 Å². The molecular weight excluding hydrogens is 260 g/mol. The van der Waals surface area contributed by atoms with Crippen molar-refractivity contribution in [3.05, 3.63) is 0 Å². The van der Waals surface area contributed by atoms with Gasteiger partial charge in [0.15, 0.2) is 6.29 Å². The fourth-order valence-corrected chi connectivity index (χ4v) is 2.17. The van der Waals surface area contributed by atoms with Crippen LogP contribution in [0, 0.1) is 0 Å². The molecule has 2 fully saturated rings. The molecule has 8 heteroatoms. The minimum absolute atomic E-state index is 0.00399. The molecule has 0 bridgehead atoms. The predicted molar refractivity (Wildman–Crippen MR) is 60.1 cm³/mol. The summed E-state index contributed by atoms with van der Waals surface area (Å²) in [7, 11) is 0. The minimum atomic E-state index is -1.79. The highest BCUT2D eigenvalue weighted by atomic mass is 16.7. The molecule has 2 rings (SSSR count). The number of rotatable bonds is 3. The summed E-state index contributed by atoms with van der Waals surface area (Å²) < 4.78 is 15.5. The van der Waals surface area contributed by atoms with E-state index in [1.54, 1.807) is 6.92 Å². The quantitative estimate of drug-likeness (QED) is 0.369. The van der Waals surface area contributed by atoms with Gasteiger partial charge in [-0.1, -0.05) is 0 Å². The summed E-state index contributed by atoms with van der Waals surface area (Å²) in [6.45, 7) is 0.655. The van der Waals surface area contributed by atoms with E-state index >= 15 is 0 Å². The zero-order valence-corrected chi connectivity index (χ0v) is 10.5. The standard InChI is InChI=1S/C11H20O8/c1-5-7(14)8(6(13)2-17-5)19-10-9(15)11(16,3-12)4-18-10/h5-10,12-16H,2-4H2,1H3/t5-,6?,7?,8-,9?,10-,11+/m0/s1. The average Bonchev–Trinajstić information content (AvgIpc) is 2.68. The van der Waals surface area contributed by atoms with Crippen LogP contribution in [0.4, 0.5) is 0 Å². The molecule has 2 saturated heterocycles. The van der Waals surface area contributed by atoms with Gasteiger partial charge in [0.05, 0.1) is 25.9 Å². The van der Waals surface area contributed by atoms with Crippen molar-refractivity contribution in [1.82, 2.24) is 0 Å². The van der Waals surface area contributed by atoms with E-state index in [9.17, 15) is 20.4 Å². The topological polar surface area (TPSA) is 129 Å². The normalized spacial score (nSPS) is 51.5. The Labute approximate surface area is 110 Å². The molecule has 0 aromatic heterocycles. The zero-order valence-electron chi connectivity index (χ0n) is 10.5. The molecule has 112 valence electrons. The molecule has 0 radical (unpaired) electrons. The third-order valence-electron chi connectivity index (χ3n) is 3.60. The largest absolute Gasteiger partial charge is 0.393 e. The number of aliphatic hydroxyl groups excluding tert-OH is 4. The molecule has 0 aliphatic carbocycles. The van der Waals surface area contributed by atoms with Crippen molar-refractivity contribution >= 4 is 0 Å². The van der Waals surface area contributed by atoms with Crippen LogP contribution in [0.1, 0.15) is 6.92 Å². The van der Waals surface area contributed by atoms with Gasteiger partial charge in [-0.3, -0.25) is 0 Å². The molecule has 0 amide bonds. The van der Waals surface area contributed by atoms with Gasteiger partial charge >= 0.3 is 0 Å². The third-order valence-corrected chi connectivity index (χ3v) is 3.60. The number of hydrogen-bond acceptors (Lipinski definition) is 8. The highest BCUT2D eigenvalue weighted by Gasteiger charge is 2.51. The first kappa shape index (κ1) is 15.1. The maximum Gasteiger partial charge on any atom is 0.187 e. The molecule has 0 aromatic rings. The van der Waals surface area contributed by atoms with Gasteiger partial charge in [-0.25, -0.2) is 0 Å².